The summed E-state index contributed by atoms with van der Waals surface area (Å²) in [7, 11) is 0. The van der Waals surface area contributed by atoms with Gasteiger partial charge in [0.1, 0.15) is 0 Å². The fourth-order valence-corrected chi connectivity index (χ4v) is 3.17. The molecular weight excluding hydrogens is 279 g/mol. The van der Waals surface area contributed by atoms with Crippen LogP contribution in [0.4, 0.5) is 0 Å². The molecular formula is C15H24O3V. The van der Waals surface area contributed by atoms with Crippen molar-refractivity contribution in [2.24, 2.45) is 11.8 Å². The Morgan fingerprint density at radius 3 is 1.74 bits per heavy atom. The second-order valence-electron chi connectivity index (χ2n) is 5.64. The molecule has 2 fully saturated rings. The molecule has 0 spiro atoms. The van der Waals surface area contributed by atoms with E-state index in [4.69, 9.17) is 3.67 Å². The maximum absolute atomic E-state index is 12.0. The Hall–Kier alpha value is -0.406. The summed E-state index contributed by atoms with van der Waals surface area (Å²) in [5.41, 5.74) is 0. The van der Waals surface area contributed by atoms with Crippen LogP contribution in [0.2, 0.25) is 0 Å². The zero-order chi connectivity index (χ0) is 14.1. The van der Waals surface area contributed by atoms with Gasteiger partial charge < -0.3 is 5.11 Å². The number of carbonyl (C=O) groups excluding carboxylic acids is 1. The van der Waals surface area contributed by atoms with Crippen LogP contribution < -0.4 is 0 Å². The van der Waals surface area contributed by atoms with E-state index in [1.165, 1.54) is 38.5 Å². The third-order valence-electron chi connectivity index (χ3n) is 4.32. The van der Waals surface area contributed by atoms with Crippen LogP contribution in [0.25, 0.3) is 0 Å². The molecule has 107 valence electrons. The number of hydrogen-bond donors (Lipinski definition) is 1. The molecule has 3 nitrogen and oxygen atoms in total. The van der Waals surface area contributed by atoms with E-state index in [-0.39, 0.29) is 17.6 Å². The Morgan fingerprint density at radius 1 is 0.842 bits per heavy atom. The van der Waals surface area contributed by atoms with Gasteiger partial charge in [-0.3, -0.25) is 4.79 Å². The average Bonchev–Trinajstić information content (AvgIpc) is 2.51. The quantitative estimate of drug-likeness (QED) is 0.632. The zero-order valence-electron chi connectivity index (χ0n) is 11.5. The van der Waals surface area contributed by atoms with Gasteiger partial charge in [-0.25, -0.2) is 0 Å². The predicted molar refractivity (Wildman–Crippen MR) is 69.6 cm³/mol. The average molecular weight is 303 g/mol. The molecule has 0 aliphatic heterocycles. The van der Waals surface area contributed by atoms with Crippen molar-refractivity contribution in [1.82, 2.24) is 0 Å². The Morgan fingerprint density at radius 2 is 1.26 bits per heavy atom. The normalized spacial score (nSPS) is 22.4. The van der Waals surface area contributed by atoms with Crippen LogP contribution in [-0.4, -0.2) is 10.9 Å². The van der Waals surface area contributed by atoms with Crippen molar-refractivity contribution >= 4 is 5.78 Å². The molecule has 0 bridgehead atoms. The molecule has 0 aromatic heterocycles. The van der Waals surface area contributed by atoms with Gasteiger partial charge >= 0.3 is 21.0 Å². The first kappa shape index (κ1) is 16.6. The van der Waals surface area contributed by atoms with Crippen LogP contribution in [0.3, 0.4) is 0 Å². The van der Waals surface area contributed by atoms with E-state index in [9.17, 15) is 9.90 Å². The van der Waals surface area contributed by atoms with E-state index in [0.29, 0.717) is 5.76 Å². The molecule has 1 N–H and O–H groups in total. The van der Waals surface area contributed by atoms with Gasteiger partial charge in [-0.15, -0.1) is 0 Å². The van der Waals surface area contributed by atoms with E-state index in [1.807, 2.05) is 0 Å². The first-order valence-electron chi connectivity index (χ1n) is 7.40. The molecule has 0 radical (unpaired) electrons. The molecule has 0 aromatic carbocycles. The van der Waals surface area contributed by atoms with Crippen molar-refractivity contribution in [1.29, 1.82) is 0 Å². The molecule has 0 amide bonds. The SMILES string of the molecule is O=C(/C=C(\O)C1CCCCC1)C1CCCCC1.[O]=[V]. The second kappa shape index (κ2) is 9.49. The van der Waals surface area contributed by atoms with E-state index in [1.54, 1.807) is 6.08 Å². The standard InChI is InChI=1S/C15H24O2.O.V/c16-14(12-7-3-1-4-8-12)11-15(17)13-9-5-2-6-10-13;;/h11-13,16H,1-10H2;;/b14-11-;;. The zero-order valence-corrected chi connectivity index (χ0v) is 12.9. The van der Waals surface area contributed by atoms with E-state index >= 15 is 0 Å². The summed E-state index contributed by atoms with van der Waals surface area (Å²) >= 11 is 1.06. The number of ketones is 1. The van der Waals surface area contributed by atoms with E-state index < -0.39 is 0 Å². The summed E-state index contributed by atoms with van der Waals surface area (Å²) in [6.07, 6.45) is 13.0. The van der Waals surface area contributed by atoms with Crippen molar-refractivity contribution in [3.05, 3.63) is 11.8 Å². The molecule has 4 heteroatoms. The summed E-state index contributed by atoms with van der Waals surface area (Å²) in [6.45, 7) is 0. The van der Waals surface area contributed by atoms with Crippen LogP contribution in [0, 0.1) is 11.8 Å². The van der Waals surface area contributed by atoms with E-state index in [2.05, 4.69) is 0 Å². The molecule has 2 aliphatic rings. The number of allylic oxidation sites excluding steroid dienone is 2. The minimum absolute atomic E-state index is 0.174. The fraction of sp³-hybridized carbons (Fsp3) is 0.800. The monoisotopic (exact) mass is 303 g/mol. The maximum atomic E-state index is 12.0. The fourth-order valence-electron chi connectivity index (χ4n) is 3.17. The summed E-state index contributed by atoms with van der Waals surface area (Å²) in [4.78, 5) is 12.0. The van der Waals surface area contributed by atoms with E-state index in [0.717, 1.165) is 43.1 Å². The molecule has 0 unspecified atom stereocenters. The summed E-state index contributed by atoms with van der Waals surface area (Å²) < 4.78 is 8.19. The molecule has 0 saturated heterocycles. The van der Waals surface area contributed by atoms with Crippen LogP contribution >= 0.6 is 0 Å². The molecule has 2 rings (SSSR count). The van der Waals surface area contributed by atoms with Gasteiger partial charge in [-0.05, 0) is 25.7 Å². The third kappa shape index (κ3) is 5.62. The van der Waals surface area contributed by atoms with Crippen LogP contribution in [0.15, 0.2) is 11.8 Å². The van der Waals surface area contributed by atoms with Crippen molar-refractivity contribution in [2.75, 3.05) is 0 Å². The molecule has 0 atom stereocenters. The Bertz CT molecular complexity index is 303. The summed E-state index contributed by atoms with van der Waals surface area (Å²) in [6, 6.07) is 0. The number of aliphatic hydroxyl groups excluding tert-OH is 1. The number of aliphatic hydroxyl groups is 1. The van der Waals surface area contributed by atoms with Crippen LogP contribution in [-0.2, 0) is 25.8 Å². The minimum atomic E-state index is 0.174. The van der Waals surface area contributed by atoms with Crippen LogP contribution in [0.1, 0.15) is 64.2 Å². The van der Waals surface area contributed by atoms with Gasteiger partial charge in [0.2, 0.25) is 0 Å². The van der Waals surface area contributed by atoms with Gasteiger partial charge in [-0.1, -0.05) is 38.5 Å². The van der Waals surface area contributed by atoms with Crippen molar-refractivity contribution in [3.8, 4) is 0 Å². The molecule has 2 aliphatic carbocycles. The topological polar surface area (TPSA) is 54.4 Å². The summed E-state index contributed by atoms with van der Waals surface area (Å²) in [5, 5.41) is 10.0. The summed E-state index contributed by atoms with van der Waals surface area (Å²) in [5.74, 6) is 0.985. The first-order chi connectivity index (χ1) is 9.27. The third-order valence-corrected chi connectivity index (χ3v) is 4.32. The van der Waals surface area contributed by atoms with Gasteiger partial charge in [-0.2, -0.15) is 0 Å². The molecule has 0 heterocycles. The Kier molecular flexibility index (Phi) is 8.32. The van der Waals surface area contributed by atoms with Gasteiger partial charge in [0.25, 0.3) is 0 Å². The van der Waals surface area contributed by atoms with Crippen molar-refractivity contribution in [2.45, 2.75) is 64.2 Å². The number of carbonyl (C=O) groups is 1. The van der Waals surface area contributed by atoms with Crippen LogP contribution in [0.5, 0.6) is 0 Å². The predicted octanol–water partition coefficient (Wildman–Crippen LogP) is 4.04. The van der Waals surface area contributed by atoms with Crippen molar-refractivity contribution in [3.63, 3.8) is 0 Å². The van der Waals surface area contributed by atoms with Gasteiger partial charge in [0, 0.05) is 17.9 Å². The second-order valence-corrected chi connectivity index (χ2v) is 5.64. The molecule has 19 heavy (non-hydrogen) atoms. The Labute approximate surface area is 125 Å². The Balaban J connectivity index is 0.000000861. The first-order valence-corrected chi connectivity index (χ1v) is 7.97. The molecule has 2 saturated carbocycles. The number of rotatable bonds is 3. The molecule has 0 aromatic rings. The number of hydrogen-bond acceptors (Lipinski definition) is 3. The van der Waals surface area contributed by atoms with Crippen molar-refractivity contribution < 1.29 is 30.9 Å². The van der Waals surface area contributed by atoms with Gasteiger partial charge in [0.05, 0.1) is 5.76 Å². The van der Waals surface area contributed by atoms with Gasteiger partial charge in [0.15, 0.2) is 5.78 Å².